The van der Waals surface area contributed by atoms with Crippen LogP contribution in [-0.2, 0) is 32.6 Å². The Labute approximate surface area is 207 Å². The van der Waals surface area contributed by atoms with Crippen molar-refractivity contribution >= 4 is 5.69 Å². The monoisotopic (exact) mass is 489 g/mol. The molecule has 4 aromatic rings. The summed E-state index contributed by atoms with van der Waals surface area (Å²) in [4.78, 5) is 13.2. The van der Waals surface area contributed by atoms with Gasteiger partial charge in [0.15, 0.2) is 11.5 Å². The molecular weight excluding hydrogens is 463 g/mol. The number of aromatic nitrogens is 4. The van der Waals surface area contributed by atoms with Crippen molar-refractivity contribution in [2.45, 2.75) is 50.7 Å². The van der Waals surface area contributed by atoms with E-state index in [2.05, 4.69) is 45.6 Å². The Morgan fingerprint density at radius 3 is 2.58 bits per heavy atom. The van der Waals surface area contributed by atoms with E-state index in [1.54, 1.807) is 12.3 Å². The number of aryl methyl sites for hydroxylation is 2. The fourth-order valence-corrected chi connectivity index (χ4v) is 5.02. The number of pyridine rings is 2. The minimum Gasteiger partial charge on any atom is -0.381 e. The molecule has 0 bridgehead atoms. The Kier molecular flexibility index (Phi) is 5.54. The van der Waals surface area contributed by atoms with Gasteiger partial charge in [0.1, 0.15) is 5.69 Å². The number of rotatable bonds is 6. The van der Waals surface area contributed by atoms with Crippen molar-refractivity contribution < 1.29 is 13.2 Å². The average Bonchev–Trinajstić information content (AvgIpc) is 3.47. The zero-order chi connectivity index (χ0) is 24.9. The molecule has 1 aromatic carbocycles. The topological polar surface area (TPSA) is 55.6 Å². The van der Waals surface area contributed by atoms with Crippen molar-refractivity contribution in [2.24, 2.45) is 7.05 Å². The summed E-state index contributed by atoms with van der Waals surface area (Å²) in [7, 11) is 1.54. The molecule has 3 aromatic heterocycles. The highest BCUT2D eigenvalue weighted by Gasteiger charge is 2.34. The molecule has 2 aliphatic rings. The molecule has 8 heteroatoms. The maximum Gasteiger partial charge on any atom is 0.434 e. The number of fused-ring (bicyclic) bond motifs is 1. The van der Waals surface area contributed by atoms with Crippen LogP contribution in [0.3, 0.4) is 0 Å². The van der Waals surface area contributed by atoms with E-state index in [4.69, 9.17) is 4.98 Å². The molecule has 184 valence electrons. The minimum atomic E-state index is -4.48. The van der Waals surface area contributed by atoms with Crippen LogP contribution in [0.2, 0.25) is 0 Å². The summed E-state index contributed by atoms with van der Waals surface area (Å²) in [6, 6.07) is 14.3. The SMILES string of the molecule is Cn1cc(C(F)(F)F)nc1-c1ccc(CNc2cc(-c3ccccc3C3CC3)nc3c2CCC3)cn1. The second kappa shape index (κ2) is 8.76. The van der Waals surface area contributed by atoms with E-state index in [1.165, 1.54) is 46.8 Å². The van der Waals surface area contributed by atoms with Gasteiger partial charge in [-0.25, -0.2) is 4.98 Å². The summed E-state index contributed by atoms with van der Waals surface area (Å²) in [6.07, 6.45) is 3.77. The van der Waals surface area contributed by atoms with Crippen LogP contribution in [0.15, 0.2) is 54.9 Å². The van der Waals surface area contributed by atoms with Gasteiger partial charge in [-0.05, 0) is 66.8 Å². The molecule has 5 nitrogen and oxygen atoms in total. The second-order valence-electron chi connectivity index (χ2n) is 9.66. The van der Waals surface area contributed by atoms with Gasteiger partial charge < -0.3 is 9.88 Å². The highest BCUT2D eigenvalue weighted by molar-refractivity contribution is 5.71. The molecule has 0 spiro atoms. The number of halogens is 3. The van der Waals surface area contributed by atoms with Crippen LogP contribution in [0.1, 0.15) is 53.3 Å². The lowest BCUT2D eigenvalue weighted by Gasteiger charge is -2.15. The first-order valence-corrected chi connectivity index (χ1v) is 12.3. The van der Waals surface area contributed by atoms with Crippen LogP contribution in [0.4, 0.5) is 18.9 Å². The number of hydrogen-bond donors (Lipinski definition) is 1. The maximum atomic E-state index is 13.0. The molecule has 0 amide bonds. The van der Waals surface area contributed by atoms with Crippen molar-refractivity contribution in [3.8, 4) is 22.8 Å². The van der Waals surface area contributed by atoms with Gasteiger partial charge in [0.2, 0.25) is 0 Å². The highest BCUT2D eigenvalue weighted by atomic mass is 19.4. The predicted molar refractivity (Wildman–Crippen MR) is 132 cm³/mol. The molecule has 1 fully saturated rings. The molecule has 2 aliphatic carbocycles. The summed E-state index contributed by atoms with van der Waals surface area (Å²) in [5.41, 5.74) is 7.59. The molecule has 0 atom stereocenters. The van der Waals surface area contributed by atoms with Crippen LogP contribution in [-0.4, -0.2) is 19.5 Å². The third-order valence-corrected chi connectivity index (χ3v) is 7.01. The number of imidazole rings is 1. The smallest absolute Gasteiger partial charge is 0.381 e. The molecule has 0 radical (unpaired) electrons. The molecule has 0 saturated heterocycles. The van der Waals surface area contributed by atoms with Crippen molar-refractivity contribution in [1.82, 2.24) is 19.5 Å². The van der Waals surface area contributed by atoms with Crippen LogP contribution in [0.5, 0.6) is 0 Å². The quantitative estimate of drug-likeness (QED) is 0.334. The lowest BCUT2D eigenvalue weighted by atomic mass is 9.99. The fraction of sp³-hybridized carbons (Fsp3) is 0.321. The van der Waals surface area contributed by atoms with Gasteiger partial charge in [-0.1, -0.05) is 30.3 Å². The molecule has 0 aliphatic heterocycles. The minimum absolute atomic E-state index is 0.188. The van der Waals surface area contributed by atoms with Crippen molar-refractivity contribution in [2.75, 3.05) is 5.32 Å². The van der Waals surface area contributed by atoms with Crippen molar-refractivity contribution in [3.63, 3.8) is 0 Å². The third kappa shape index (κ3) is 4.36. The lowest BCUT2D eigenvalue weighted by molar-refractivity contribution is -0.140. The first-order chi connectivity index (χ1) is 17.4. The average molecular weight is 490 g/mol. The maximum absolute atomic E-state index is 13.0. The van der Waals surface area contributed by atoms with E-state index >= 15 is 0 Å². The Morgan fingerprint density at radius 1 is 1.03 bits per heavy atom. The van der Waals surface area contributed by atoms with Gasteiger partial charge in [-0.15, -0.1) is 0 Å². The van der Waals surface area contributed by atoms with Crippen LogP contribution < -0.4 is 5.32 Å². The largest absolute Gasteiger partial charge is 0.434 e. The number of benzene rings is 1. The summed E-state index contributed by atoms with van der Waals surface area (Å²) in [5, 5.41) is 3.58. The van der Waals surface area contributed by atoms with Gasteiger partial charge in [-0.2, -0.15) is 13.2 Å². The van der Waals surface area contributed by atoms with Crippen molar-refractivity contribution in [3.05, 3.63) is 82.9 Å². The lowest BCUT2D eigenvalue weighted by Crippen LogP contribution is -2.06. The van der Waals surface area contributed by atoms with Gasteiger partial charge in [0, 0.05) is 42.9 Å². The summed E-state index contributed by atoms with van der Waals surface area (Å²) in [5.74, 6) is 0.830. The van der Waals surface area contributed by atoms with E-state index in [0.717, 1.165) is 42.4 Å². The first-order valence-electron chi connectivity index (χ1n) is 12.3. The van der Waals surface area contributed by atoms with E-state index in [1.807, 2.05) is 6.07 Å². The van der Waals surface area contributed by atoms with E-state index in [-0.39, 0.29) is 5.82 Å². The number of nitrogens with zero attached hydrogens (tertiary/aromatic N) is 4. The van der Waals surface area contributed by atoms with Gasteiger partial charge >= 0.3 is 6.18 Å². The zero-order valence-corrected chi connectivity index (χ0v) is 19.9. The standard InChI is InChI=1S/C28H26F3N5/c1-36-16-26(28(29,30)31)35-27(36)23-12-9-17(14-32-23)15-33-24-13-25(34-22-8-4-7-21(22)24)20-6-3-2-5-19(20)18-10-11-18/h2-3,5-6,9,12-14,16,18H,4,7-8,10-11,15H2,1H3,(H,33,34). The van der Waals surface area contributed by atoms with Gasteiger partial charge in [0.25, 0.3) is 0 Å². The number of alkyl halides is 3. The summed E-state index contributed by atoms with van der Waals surface area (Å²) < 4.78 is 40.4. The Bertz CT molecular complexity index is 1420. The molecule has 0 unspecified atom stereocenters. The molecule has 3 heterocycles. The molecule has 6 rings (SSSR count). The predicted octanol–water partition coefficient (Wildman–Crippen LogP) is 6.54. The number of anilines is 1. The summed E-state index contributed by atoms with van der Waals surface area (Å²) in [6.45, 7) is 0.557. The molecule has 1 saturated carbocycles. The molecule has 36 heavy (non-hydrogen) atoms. The normalized spacial score (nSPS) is 15.2. The summed E-state index contributed by atoms with van der Waals surface area (Å²) >= 11 is 0. The first kappa shape index (κ1) is 22.8. The molecule has 1 N–H and O–H groups in total. The second-order valence-corrected chi connectivity index (χ2v) is 9.66. The van der Waals surface area contributed by atoms with Crippen LogP contribution >= 0.6 is 0 Å². The van der Waals surface area contributed by atoms with Gasteiger partial charge in [-0.3, -0.25) is 9.97 Å². The number of hydrogen-bond acceptors (Lipinski definition) is 4. The molecular formula is C28H26F3N5. The van der Waals surface area contributed by atoms with E-state index in [0.29, 0.717) is 18.2 Å². The highest BCUT2D eigenvalue weighted by Crippen LogP contribution is 2.45. The third-order valence-electron chi connectivity index (χ3n) is 7.01. The van der Waals surface area contributed by atoms with Gasteiger partial charge in [0.05, 0.1) is 5.69 Å². The van der Waals surface area contributed by atoms with Crippen molar-refractivity contribution in [1.29, 1.82) is 0 Å². The fourth-order valence-electron chi connectivity index (χ4n) is 5.02. The number of nitrogens with one attached hydrogen (secondary N) is 1. The Balaban J connectivity index is 1.24. The Morgan fingerprint density at radius 2 is 1.86 bits per heavy atom. The van der Waals surface area contributed by atoms with Crippen LogP contribution in [0.25, 0.3) is 22.8 Å². The van der Waals surface area contributed by atoms with E-state index in [9.17, 15) is 13.2 Å². The Hall–Kier alpha value is -3.68. The zero-order valence-electron chi connectivity index (χ0n) is 19.9. The van der Waals surface area contributed by atoms with E-state index < -0.39 is 11.9 Å². The van der Waals surface area contributed by atoms with Crippen LogP contribution in [0, 0.1) is 0 Å².